The van der Waals surface area contributed by atoms with E-state index in [2.05, 4.69) is 9.97 Å². The Balaban J connectivity index is 1.91. The maximum absolute atomic E-state index is 13.0. The van der Waals surface area contributed by atoms with Crippen LogP contribution in [0.15, 0.2) is 53.7 Å². The van der Waals surface area contributed by atoms with E-state index in [-0.39, 0.29) is 16.5 Å². The fraction of sp³-hybridized carbons (Fsp3) is 0.0556. The number of thioether (sulfide) groups is 1. The summed E-state index contributed by atoms with van der Waals surface area (Å²) in [6, 6.07) is 15.2. The molecule has 0 saturated carbocycles. The first kappa shape index (κ1) is 17.7. The van der Waals surface area contributed by atoms with Crippen LogP contribution in [-0.4, -0.2) is 9.97 Å². The maximum Gasteiger partial charge on any atom is 0.189 e. The summed E-state index contributed by atoms with van der Waals surface area (Å²) in [5.41, 5.74) is 2.34. The Morgan fingerprint density at radius 2 is 1.68 bits per heavy atom. The van der Waals surface area contributed by atoms with Crippen molar-refractivity contribution in [3.05, 3.63) is 75.7 Å². The van der Waals surface area contributed by atoms with Crippen molar-refractivity contribution < 1.29 is 4.39 Å². The molecule has 0 aliphatic heterocycles. The van der Waals surface area contributed by atoms with Crippen molar-refractivity contribution in [1.29, 1.82) is 5.26 Å². The second kappa shape index (κ2) is 7.83. The summed E-state index contributed by atoms with van der Waals surface area (Å²) in [6.45, 7) is 0. The number of aromatic nitrogens is 2. The largest absolute Gasteiger partial charge is 0.221 e. The number of hydrogen-bond acceptors (Lipinski definition) is 4. The molecule has 0 aliphatic rings. The highest BCUT2D eigenvalue weighted by molar-refractivity contribution is 7.98. The molecular weight excluding hydrogens is 380 g/mol. The van der Waals surface area contributed by atoms with Crippen molar-refractivity contribution in [3.8, 4) is 17.3 Å². The standard InChI is InChI=1S/C18H10Cl2FN3S/c19-13-5-3-12(4-6-13)16-15(9-22)17(20)24-18(23-16)25-10-11-1-7-14(21)8-2-11/h1-8H,10H2. The van der Waals surface area contributed by atoms with E-state index < -0.39 is 0 Å². The van der Waals surface area contributed by atoms with Gasteiger partial charge in [0, 0.05) is 16.3 Å². The average molecular weight is 390 g/mol. The Kier molecular flexibility index (Phi) is 5.54. The van der Waals surface area contributed by atoms with Gasteiger partial charge in [0.15, 0.2) is 10.3 Å². The molecule has 1 heterocycles. The third-order valence-corrected chi connectivity index (χ3v) is 4.80. The van der Waals surface area contributed by atoms with E-state index in [1.54, 1.807) is 36.4 Å². The minimum absolute atomic E-state index is 0.101. The van der Waals surface area contributed by atoms with E-state index in [0.29, 0.717) is 21.6 Å². The van der Waals surface area contributed by atoms with Gasteiger partial charge >= 0.3 is 0 Å². The second-order valence-corrected chi connectivity index (χ2v) is 6.79. The van der Waals surface area contributed by atoms with Crippen molar-refractivity contribution >= 4 is 35.0 Å². The molecule has 1 aromatic heterocycles. The Bertz CT molecular complexity index is 938. The molecular formula is C18H10Cl2FN3S. The van der Waals surface area contributed by atoms with Gasteiger partial charge in [-0.25, -0.2) is 14.4 Å². The molecule has 0 radical (unpaired) electrons. The van der Waals surface area contributed by atoms with Crippen LogP contribution < -0.4 is 0 Å². The molecule has 0 unspecified atom stereocenters. The van der Waals surface area contributed by atoms with Crippen LogP contribution in [0.1, 0.15) is 11.1 Å². The first-order chi connectivity index (χ1) is 12.1. The Labute approximate surface area is 158 Å². The summed E-state index contributed by atoms with van der Waals surface area (Å²) >= 11 is 13.4. The molecule has 3 aromatic rings. The van der Waals surface area contributed by atoms with Gasteiger partial charge in [-0.15, -0.1) is 0 Å². The number of nitriles is 1. The minimum atomic E-state index is -0.281. The molecule has 2 aromatic carbocycles. The van der Waals surface area contributed by atoms with Crippen molar-refractivity contribution in [2.24, 2.45) is 0 Å². The van der Waals surface area contributed by atoms with Crippen LogP contribution in [0.4, 0.5) is 4.39 Å². The molecule has 3 rings (SSSR count). The molecule has 0 saturated heterocycles. The van der Waals surface area contributed by atoms with Crippen LogP contribution >= 0.6 is 35.0 Å². The lowest BCUT2D eigenvalue weighted by molar-refractivity contribution is 0.627. The second-order valence-electron chi connectivity index (χ2n) is 5.05. The van der Waals surface area contributed by atoms with Gasteiger partial charge in [-0.1, -0.05) is 59.2 Å². The Morgan fingerprint density at radius 1 is 1.00 bits per heavy atom. The quantitative estimate of drug-likeness (QED) is 0.323. The summed E-state index contributed by atoms with van der Waals surface area (Å²) in [7, 11) is 0. The van der Waals surface area contributed by atoms with E-state index in [9.17, 15) is 9.65 Å². The van der Waals surface area contributed by atoms with Gasteiger partial charge in [-0.05, 0) is 29.8 Å². The zero-order valence-electron chi connectivity index (χ0n) is 12.7. The number of halogens is 3. The molecule has 0 fully saturated rings. The molecule has 124 valence electrons. The fourth-order valence-corrected chi connectivity index (χ4v) is 3.31. The predicted octanol–water partition coefficient (Wildman–Crippen LogP) is 5.75. The highest BCUT2D eigenvalue weighted by atomic mass is 35.5. The van der Waals surface area contributed by atoms with E-state index in [1.807, 2.05) is 6.07 Å². The zero-order valence-corrected chi connectivity index (χ0v) is 15.0. The van der Waals surface area contributed by atoms with E-state index in [4.69, 9.17) is 23.2 Å². The normalized spacial score (nSPS) is 10.5. The zero-order chi connectivity index (χ0) is 17.8. The van der Waals surface area contributed by atoms with E-state index in [1.165, 1.54) is 23.9 Å². The number of benzene rings is 2. The van der Waals surface area contributed by atoms with Gasteiger partial charge in [-0.3, -0.25) is 0 Å². The lowest BCUT2D eigenvalue weighted by Gasteiger charge is -2.08. The summed E-state index contributed by atoms with van der Waals surface area (Å²) < 4.78 is 13.0. The van der Waals surface area contributed by atoms with E-state index in [0.717, 1.165) is 11.1 Å². The molecule has 7 heteroatoms. The summed E-state index contributed by atoms with van der Waals surface area (Å²) in [5.74, 6) is 0.277. The lowest BCUT2D eigenvalue weighted by atomic mass is 10.1. The van der Waals surface area contributed by atoms with Crippen LogP contribution in [0.25, 0.3) is 11.3 Å². The molecule has 0 N–H and O–H groups in total. The van der Waals surface area contributed by atoms with Crippen LogP contribution in [-0.2, 0) is 5.75 Å². The average Bonchev–Trinajstić information content (AvgIpc) is 2.61. The summed E-state index contributed by atoms with van der Waals surface area (Å²) in [6.07, 6.45) is 0. The summed E-state index contributed by atoms with van der Waals surface area (Å²) in [5, 5.41) is 10.5. The Hall–Kier alpha value is -2.13. The first-order valence-electron chi connectivity index (χ1n) is 7.17. The van der Waals surface area contributed by atoms with Crippen LogP contribution in [0.2, 0.25) is 10.2 Å². The number of nitrogens with zero attached hydrogens (tertiary/aromatic N) is 3. The lowest BCUT2D eigenvalue weighted by Crippen LogP contribution is -1.97. The first-order valence-corrected chi connectivity index (χ1v) is 8.92. The SMILES string of the molecule is N#Cc1c(Cl)nc(SCc2ccc(F)cc2)nc1-c1ccc(Cl)cc1. The van der Waals surface area contributed by atoms with Crippen molar-refractivity contribution in [1.82, 2.24) is 9.97 Å². The van der Waals surface area contributed by atoms with Gasteiger partial charge in [0.2, 0.25) is 0 Å². The highest BCUT2D eigenvalue weighted by Gasteiger charge is 2.15. The Morgan fingerprint density at radius 3 is 2.32 bits per heavy atom. The third-order valence-electron chi connectivity index (χ3n) is 3.36. The van der Waals surface area contributed by atoms with Gasteiger partial charge < -0.3 is 0 Å². The van der Waals surface area contributed by atoms with Gasteiger partial charge in [0.25, 0.3) is 0 Å². The summed E-state index contributed by atoms with van der Waals surface area (Å²) in [4.78, 5) is 8.64. The van der Waals surface area contributed by atoms with Gasteiger partial charge in [0.05, 0.1) is 5.69 Å². The fourth-order valence-electron chi connectivity index (χ4n) is 2.12. The van der Waals surface area contributed by atoms with Crippen molar-refractivity contribution in [3.63, 3.8) is 0 Å². The topological polar surface area (TPSA) is 49.6 Å². The van der Waals surface area contributed by atoms with Crippen LogP contribution in [0, 0.1) is 17.1 Å². The van der Waals surface area contributed by atoms with Crippen LogP contribution in [0.3, 0.4) is 0 Å². The van der Waals surface area contributed by atoms with Gasteiger partial charge in [0.1, 0.15) is 17.4 Å². The molecule has 0 aliphatic carbocycles. The molecule has 0 bridgehead atoms. The predicted molar refractivity (Wildman–Crippen MR) is 98.2 cm³/mol. The van der Waals surface area contributed by atoms with Crippen LogP contribution in [0.5, 0.6) is 0 Å². The number of rotatable bonds is 4. The maximum atomic E-state index is 13.0. The monoisotopic (exact) mass is 389 g/mol. The number of hydrogen-bond donors (Lipinski definition) is 0. The van der Waals surface area contributed by atoms with Crippen molar-refractivity contribution in [2.45, 2.75) is 10.9 Å². The van der Waals surface area contributed by atoms with Crippen molar-refractivity contribution in [2.75, 3.05) is 0 Å². The molecule has 0 amide bonds. The van der Waals surface area contributed by atoms with Gasteiger partial charge in [-0.2, -0.15) is 5.26 Å². The molecule has 0 spiro atoms. The molecule has 0 atom stereocenters. The third kappa shape index (κ3) is 4.29. The molecule has 25 heavy (non-hydrogen) atoms. The van der Waals surface area contributed by atoms with E-state index >= 15 is 0 Å². The highest BCUT2D eigenvalue weighted by Crippen LogP contribution is 2.30. The smallest absolute Gasteiger partial charge is 0.189 e. The molecule has 3 nitrogen and oxygen atoms in total. The minimum Gasteiger partial charge on any atom is -0.221 e.